The Morgan fingerprint density at radius 1 is 1.00 bits per heavy atom. The zero-order valence-corrected chi connectivity index (χ0v) is 14.6. The van der Waals surface area contributed by atoms with E-state index >= 15 is 0 Å². The fourth-order valence-corrected chi connectivity index (χ4v) is 4.43. The lowest BCUT2D eigenvalue weighted by Gasteiger charge is -2.29. The van der Waals surface area contributed by atoms with Crippen molar-refractivity contribution in [2.75, 3.05) is 0 Å². The summed E-state index contributed by atoms with van der Waals surface area (Å²) in [6.07, 6.45) is 8.62. The highest BCUT2D eigenvalue weighted by molar-refractivity contribution is 5.75. The third kappa shape index (κ3) is 2.14. The average Bonchev–Trinajstić information content (AvgIpc) is 2.90. The molecule has 126 valence electrons. The molecule has 4 rings (SSSR count). The van der Waals surface area contributed by atoms with Crippen molar-refractivity contribution in [3.8, 4) is 23.3 Å². The van der Waals surface area contributed by atoms with Crippen LogP contribution in [0.5, 0.6) is 0 Å². The van der Waals surface area contributed by atoms with Crippen LogP contribution in [-0.2, 0) is 5.41 Å². The Kier molecular flexibility index (Phi) is 3.56. The van der Waals surface area contributed by atoms with Gasteiger partial charge < -0.3 is 0 Å². The van der Waals surface area contributed by atoms with Crippen molar-refractivity contribution in [3.63, 3.8) is 0 Å². The molecule has 0 aromatic heterocycles. The van der Waals surface area contributed by atoms with Crippen LogP contribution >= 0.6 is 0 Å². The van der Waals surface area contributed by atoms with Gasteiger partial charge in [0.1, 0.15) is 12.1 Å². The smallest absolute Gasteiger partial charge is 0.158 e. The Balaban J connectivity index is 2.00. The van der Waals surface area contributed by atoms with Crippen LogP contribution in [0.2, 0.25) is 0 Å². The average molecular weight is 340 g/mol. The van der Waals surface area contributed by atoms with E-state index in [4.69, 9.17) is 0 Å². The zero-order valence-electron chi connectivity index (χ0n) is 14.6. The van der Waals surface area contributed by atoms with E-state index in [1.807, 2.05) is 24.3 Å². The summed E-state index contributed by atoms with van der Waals surface area (Å²) in [6.45, 7) is 4.49. The van der Waals surface area contributed by atoms with Crippen molar-refractivity contribution in [2.45, 2.75) is 25.2 Å². The largest absolute Gasteiger partial charge is 0.204 e. The molecule has 2 aliphatic carbocycles. The third-order valence-electron chi connectivity index (χ3n) is 5.73. The Morgan fingerprint density at radius 2 is 1.65 bits per heavy atom. The van der Waals surface area contributed by atoms with Crippen LogP contribution in [-0.4, -0.2) is 0 Å². The van der Waals surface area contributed by atoms with Crippen molar-refractivity contribution in [3.05, 3.63) is 82.7 Å². The molecule has 0 fully saturated rings. The van der Waals surface area contributed by atoms with Crippen LogP contribution in [0.1, 0.15) is 42.0 Å². The van der Waals surface area contributed by atoms with Gasteiger partial charge in [0.25, 0.3) is 0 Å². The maximum absolute atomic E-state index is 14.2. The molecule has 0 amide bonds. The lowest BCUT2D eigenvalue weighted by atomic mass is 9.74. The van der Waals surface area contributed by atoms with Gasteiger partial charge in [-0.2, -0.15) is 10.5 Å². The zero-order chi connectivity index (χ0) is 18.5. The Morgan fingerprint density at radius 3 is 2.31 bits per heavy atom. The first-order chi connectivity index (χ1) is 12.5. The van der Waals surface area contributed by atoms with E-state index in [-0.39, 0.29) is 22.5 Å². The number of nitrogens with zero attached hydrogens (tertiary/aromatic N) is 2. The van der Waals surface area contributed by atoms with Gasteiger partial charge in [-0.1, -0.05) is 56.4 Å². The van der Waals surface area contributed by atoms with E-state index in [2.05, 4.69) is 44.2 Å². The molecule has 0 saturated heterocycles. The molecule has 2 aromatic carbocycles. The number of hydrogen-bond donors (Lipinski definition) is 0. The molecule has 2 nitrogen and oxygen atoms in total. The fraction of sp³-hybridized carbons (Fsp3) is 0.217. The van der Waals surface area contributed by atoms with Gasteiger partial charge in [-0.15, -0.1) is 0 Å². The summed E-state index contributed by atoms with van der Waals surface area (Å²) in [5, 5.41) is 18.5. The van der Waals surface area contributed by atoms with Crippen LogP contribution in [0.15, 0.2) is 54.6 Å². The summed E-state index contributed by atoms with van der Waals surface area (Å²) >= 11 is 0. The summed E-state index contributed by atoms with van der Waals surface area (Å²) < 4.78 is 14.2. The van der Waals surface area contributed by atoms with Gasteiger partial charge >= 0.3 is 0 Å². The number of halogens is 1. The minimum absolute atomic E-state index is 0.0204. The van der Waals surface area contributed by atoms with Gasteiger partial charge in [-0.3, -0.25) is 0 Å². The van der Waals surface area contributed by atoms with E-state index in [1.54, 1.807) is 12.1 Å². The molecule has 0 aliphatic heterocycles. The highest BCUT2D eigenvalue weighted by Crippen LogP contribution is 2.55. The predicted molar refractivity (Wildman–Crippen MR) is 98.8 cm³/mol. The highest BCUT2D eigenvalue weighted by atomic mass is 19.1. The van der Waals surface area contributed by atoms with Gasteiger partial charge in [-0.25, -0.2) is 4.39 Å². The van der Waals surface area contributed by atoms with E-state index < -0.39 is 5.82 Å². The minimum atomic E-state index is -0.745. The quantitative estimate of drug-likeness (QED) is 0.702. The van der Waals surface area contributed by atoms with Crippen molar-refractivity contribution >= 4 is 0 Å². The van der Waals surface area contributed by atoms with E-state index in [9.17, 15) is 14.9 Å². The van der Waals surface area contributed by atoms with Crippen LogP contribution in [0.3, 0.4) is 0 Å². The van der Waals surface area contributed by atoms with Crippen LogP contribution in [0, 0.1) is 34.4 Å². The Labute approximate surface area is 152 Å². The molecule has 0 saturated carbocycles. The monoisotopic (exact) mass is 340 g/mol. The molecule has 0 N–H and O–H groups in total. The van der Waals surface area contributed by atoms with Crippen LogP contribution in [0.25, 0.3) is 11.1 Å². The summed E-state index contributed by atoms with van der Waals surface area (Å²) in [5.74, 6) is -0.151. The summed E-state index contributed by atoms with van der Waals surface area (Å²) in [4.78, 5) is 0. The first-order valence-corrected chi connectivity index (χ1v) is 8.61. The molecule has 2 aromatic rings. The molecule has 3 heteroatoms. The summed E-state index contributed by atoms with van der Waals surface area (Å²) in [7, 11) is 0. The Hall–Kier alpha value is -3.17. The number of nitriles is 2. The first-order valence-electron chi connectivity index (χ1n) is 8.61. The molecule has 0 spiro atoms. The predicted octanol–water partition coefficient (Wildman–Crippen LogP) is 5.35. The molecule has 0 bridgehead atoms. The number of rotatable bonds is 1. The second-order valence-corrected chi connectivity index (χ2v) is 7.42. The van der Waals surface area contributed by atoms with Crippen molar-refractivity contribution in [1.82, 2.24) is 0 Å². The first kappa shape index (κ1) is 16.3. The lowest BCUT2D eigenvalue weighted by Crippen LogP contribution is -2.24. The van der Waals surface area contributed by atoms with Crippen molar-refractivity contribution in [2.24, 2.45) is 5.92 Å². The standard InChI is InChI=1S/C23H17FN2/c1-23(2)19-8-4-3-6-18(19)21-17(7-5-9-20(21)23)14-10-15(12-25)22(24)16(11-14)13-26/h3-11,18-19H,1-2H3. The molecule has 2 unspecified atom stereocenters. The Bertz CT molecular complexity index is 1030. The van der Waals surface area contributed by atoms with Crippen molar-refractivity contribution in [1.29, 1.82) is 10.5 Å². The highest BCUT2D eigenvalue weighted by Gasteiger charge is 2.45. The molecule has 0 heterocycles. The number of allylic oxidation sites excluding steroid dienone is 4. The maximum atomic E-state index is 14.2. The molecular weight excluding hydrogens is 323 g/mol. The van der Waals surface area contributed by atoms with Crippen LogP contribution in [0.4, 0.5) is 4.39 Å². The number of benzene rings is 2. The second-order valence-electron chi connectivity index (χ2n) is 7.42. The van der Waals surface area contributed by atoms with E-state index in [1.165, 1.54) is 11.1 Å². The van der Waals surface area contributed by atoms with Crippen LogP contribution < -0.4 is 0 Å². The van der Waals surface area contributed by atoms with E-state index in [0.717, 1.165) is 11.1 Å². The number of hydrogen-bond acceptors (Lipinski definition) is 2. The van der Waals surface area contributed by atoms with Gasteiger partial charge in [0.2, 0.25) is 0 Å². The van der Waals surface area contributed by atoms with Gasteiger partial charge in [0, 0.05) is 5.92 Å². The molecular formula is C23H17FN2. The normalized spacial score (nSPS) is 21.6. The molecule has 2 aliphatic rings. The molecule has 0 radical (unpaired) electrons. The number of fused-ring (bicyclic) bond motifs is 3. The molecule has 2 atom stereocenters. The van der Waals surface area contributed by atoms with Gasteiger partial charge in [0.15, 0.2) is 5.82 Å². The van der Waals surface area contributed by atoms with Crippen molar-refractivity contribution < 1.29 is 4.39 Å². The lowest BCUT2D eigenvalue weighted by molar-refractivity contribution is 0.394. The second kappa shape index (κ2) is 5.68. The van der Waals surface area contributed by atoms with Gasteiger partial charge in [0.05, 0.1) is 11.1 Å². The van der Waals surface area contributed by atoms with Gasteiger partial charge in [-0.05, 0) is 45.7 Å². The third-order valence-corrected chi connectivity index (χ3v) is 5.73. The van der Waals surface area contributed by atoms with E-state index in [0.29, 0.717) is 5.92 Å². The fourth-order valence-electron chi connectivity index (χ4n) is 4.43. The molecule has 26 heavy (non-hydrogen) atoms. The topological polar surface area (TPSA) is 47.6 Å². The summed E-state index contributed by atoms with van der Waals surface area (Å²) in [6, 6.07) is 13.0. The summed E-state index contributed by atoms with van der Waals surface area (Å²) in [5.41, 5.74) is 3.96. The maximum Gasteiger partial charge on any atom is 0.158 e. The minimum Gasteiger partial charge on any atom is -0.204 e. The SMILES string of the molecule is CC1(C)c2cccc(-c3cc(C#N)c(F)c(C#N)c3)c2C2C=CC=CC21.